The van der Waals surface area contributed by atoms with E-state index >= 15 is 0 Å². The average Bonchev–Trinajstić information content (AvgIpc) is 2.48. The summed E-state index contributed by atoms with van der Waals surface area (Å²) in [7, 11) is 0. The molecule has 0 bridgehead atoms. The van der Waals surface area contributed by atoms with Crippen LogP contribution in [0.1, 0.15) is 60.6 Å². The maximum absolute atomic E-state index is 10.7. The Labute approximate surface area is 90.5 Å². The van der Waals surface area contributed by atoms with Crippen LogP contribution in [0.2, 0.25) is 0 Å². The zero-order valence-electron chi connectivity index (χ0n) is 9.28. The number of rotatable bonds is 2. The van der Waals surface area contributed by atoms with Gasteiger partial charge in [-0.1, -0.05) is 25.7 Å². The molecule has 1 aromatic heterocycles. The van der Waals surface area contributed by atoms with Crippen LogP contribution in [0.25, 0.3) is 0 Å². The molecule has 1 aromatic rings. The molecule has 0 saturated heterocycles. The van der Waals surface area contributed by atoms with Crippen molar-refractivity contribution in [2.45, 2.75) is 51.5 Å². The molecule has 0 unspecified atom stereocenters. The van der Waals surface area contributed by atoms with E-state index in [4.69, 9.17) is 0 Å². The van der Waals surface area contributed by atoms with Crippen molar-refractivity contribution in [1.82, 2.24) is 9.78 Å². The number of carbonyl (C=O) groups is 1. The normalized spacial score (nSPS) is 18.7. The van der Waals surface area contributed by atoms with Gasteiger partial charge in [-0.2, -0.15) is 5.10 Å². The summed E-state index contributed by atoms with van der Waals surface area (Å²) in [6.45, 7) is 1.90. The highest BCUT2D eigenvalue weighted by Gasteiger charge is 2.16. The van der Waals surface area contributed by atoms with Gasteiger partial charge < -0.3 is 0 Å². The van der Waals surface area contributed by atoms with Crippen molar-refractivity contribution in [3.63, 3.8) is 0 Å². The molecule has 1 fully saturated rings. The van der Waals surface area contributed by atoms with Crippen LogP contribution in [0.5, 0.6) is 0 Å². The molecule has 3 heteroatoms. The average molecular weight is 206 g/mol. The minimum Gasteiger partial charge on any atom is -0.298 e. The van der Waals surface area contributed by atoms with E-state index in [2.05, 4.69) is 5.10 Å². The lowest BCUT2D eigenvalue weighted by Crippen LogP contribution is -2.08. The Balaban J connectivity index is 2.16. The molecule has 0 atom stereocenters. The Morgan fingerprint density at radius 1 is 1.33 bits per heavy atom. The van der Waals surface area contributed by atoms with Gasteiger partial charge in [-0.05, 0) is 19.8 Å². The number of hydrogen-bond donors (Lipinski definition) is 0. The number of aldehydes is 1. The van der Waals surface area contributed by atoms with Crippen LogP contribution >= 0.6 is 0 Å². The van der Waals surface area contributed by atoms with Crippen molar-refractivity contribution >= 4 is 6.29 Å². The molecular formula is C12H18N2O. The SMILES string of the molecule is Cc1nn(C2CCCCCC2)cc1C=O. The molecule has 0 N–H and O–H groups in total. The largest absolute Gasteiger partial charge is 0.298 e. The smallest absolute Gasteiger partial charge is 0.153 e. The zero-order valence-corrected chi connectivity index (χ0v) is 9.28. The molecule has 82 valence electrons. The molecule has 0 aromatic carbocycles. The monoisotopic (exact) mass is 206 g/mol. The van der Waals surface area contributed by atoms with E-state index in [0.29, 0.717) is 6.04 Å². The van der Waals surface area contributed by atoms with Crippen molar-refractivity contribution in [3.05, 3.63) is 17.5 Å². The first-order valence-corrected chi connectivity index (χ1v) is 5.82. The maximum atomic E-state index is 10.7. The summed E-state index contributed by atoms with van der Waals surface area (Å²) in [5.74, 6) is 0. The third-order valence-electron chi connectivity index (χ3n) is 3.28. The third-order valence-corrected chi connectivity index (χ3v) is 3.28. The molecule has 0 amide bonds. The lowest BCUT2D eigenvalue weighted by Gasteiger charge is -2.14. The molecule has 0 radical (unpaired) electrons. The van der Waals surface area contributed by atoms with Crippen LogP contribution in [-0.2, 0) is 0 Å². The minimum absolute atomic E-state index is 0.514. The molecule has 0 aliphatic heterocycles. The van der Waals surface area contributed by atoms with Gasteiger partial charge >= 0.3 is 0 Å². The maximum Gasteiger partial charge on any atom is 0.153 e. The van der Waals surface area contributed by atoms with E-state index in [1.807, 2.05) is 17.8 Å². The van der Waals surface area contributed by atoms with E-state index < -0.39 is 0 Å². The second-order valence-electron chi connectivity index (χ2n) is 4.41. The van der Waals surface area contributed by atoms with Crippen molar-refractivity contribution in [2.24, 2.45) is 0 Å². The quantitative estimate of drug-likeness (QED) is 0.551. The van der Waals surface area contributed by atoms with Crippen molar-refractivity contribution < 1.29 is 4.79 Å². The molecule has 15 heavy (non-hydrogen) atoms. The van der Waals surface area contributed by atoms with Crippen LogP contribution in [0, 0.1) is 6.92 Å². The summed E-state index contributed by atoms with van der Waals surface area (Å²) >= 11 is 0. The van der Waals surface area contributed by atoms with E-state index in [1.165, 1.54) is 38.5 Å². The Hall–Kier alpha value is -1.12. The Morgan fingerprint density at radius 2 is 2.00 bits per heavy atom. The first-order chi connectivity index (χ1) is 7.31. The highest BCUT2D eigenvalue weighted by molar-refractivity contribution is 5.75. The predicted octanol–water partition coefficient (Wildman–Crippen LogP) is 2.90. The summed E-state index contributed by atoms with van der Waals surface area (Å²) in [5, 5.41) is 4.43. The summed E-state index contributed by atoms with van der Waals surface area (Å²) < 4.78 is 2.00. The Kier molecular flexibility index (Phi) is 3.19. The molecule has 2 rings (SSSR count). The van der Waals surface area contributed by atoms with Crippen LogP contribution in [-0.4, -0.2) is 16.1 Å². The van der Waals surface area contributed by atoms with Gasteiger partial charge in [0.2, 0.25) is 0 Å². The molecule has 0 spiro atoms. The number of aromatic nitrogens is 2. The summed E-state index contributed by atoms with van der Waals surface area (Å²) in [4.78, 5) is 10.7. The second-order valence-corrected chi connectivity index (χ2v) is 4.41. The number of hydrogen-bond acceptors (Lipinski definition) is 2. The van der Waals surface area contributed by atoms with Crippen molar-refractivity contribution in [2.75, 3.05) is 0 Å². The lowest BCUT2D eigenvalue weighted by molar-refractivity contribution is 0.112. The number of nitrogens with zero attached hydrogens (tertiary/aromatic N) is 2. The minimum atomic E-state index is 0.514. The van der Waals surface area contributed by atoms with Gasteiger partial charge in [-0.25, -0.2) is 0 Å². The Bertz CT molecular complexity index is 335. The van der Waals surface area contributed by atoms with Crippen molar-refractivity contribution in [3.8, 4) is 0 Å². The summed E-state index contributed by atoms with van der Waals surface area (Å²) in [5.41, 5.74) is 1.59. The molecule has 1 aliphatic carbocycles. The van der Waals surface area contributed by atoms with Crippen LogP contribution < -0.4 is 0 Å². The standard InChI is InChI=1S/C12H18N2O/c1-10-11(9-15)8-14(13-10)12-6-4-2-3-5-7-12/h8-9,12H,2-7H2,1H3. The van der Waals surface area contributed by atoms with Gasteiger partial charge in [-0.15, -0.1) is 0 Å². The lowest BCUT2D eigenvalue weighted by atomic mass is 10.1. The third kappa shape index (κ3) is 2.28. The van der Waals surface area contributed by atoms with E-state index in [0.717, 1.165) is 17.5 Å². The summed E-state index contributed by atoms with van der Waals surface area (Å²) in [6.07, 6.45) is 10.5. The molecule has 3 nitrogen and oxygen atoms in total. The fourth-order valence-electron chi connectivity index (χ4n) is 2.32. The fraction of sp³-hybridized carbons (Fsp3) is 0.667. The van der Waals surface area contributed by atoms with Gasteiger partial charge in [0.15, 0.2) is 6.29 Å². The first kappa shape index (κ1) is 10.4. The van der Waals surface area contributed by atoms with Gasteiger partial charge in [0, 0.05) is 6.20 Å². The van der Waals surface area contributed by atoms with E-state index in [9.17, 15) is 4.79 Å². The highest BCUT2D eigenvalue weighted by atomic mass is 16.1. The highest BCUT2D eigenvalue weighted by Crippen LogP contribution is 2.26. The Morgan fingerprint density at radius 3 is 2.53 bits per heavy atom. The van der Waals surface area contributed by atoms with Crippen LogP contribution in [0.4, 0.5) is 0 Å². The second kappa shape index (κ2) is 4.60. The topological polar surface area (TPSA) is 34.9 Å². The first-order valence-electron chi connectivity index (χ1n) is 5.82. The number of aryl methyl sites for hydroxylation is 1. The van der Waals surface area contributed by atoms with Gasteiger partial charge in [-0.3, -0.25) is 9.48 Å². The summed E-state index contributed by atoms with van der Waals surface area (Å²) in [6, 6.07) is 0.514. The zero-order chi connectivity index (χ0) is 10.7. The van der Waals surface area contributed by atoms with E-state index in [1.54, 1.807) is 0 Å². The van der Waals surface area contributed by atoms with Gasteiger partial charge in [0.1, 0.15) is 0 Å². The van der Waals surface area contributed by atoms with E-state index in [-0.39, 0.29) is 0 Å². The molecule has 1 heterocycles. The number of carbonyl (C=O) groups excluding carboxylic acids is 1. The molecule has 1 aliphatic rings. The predicted molar refractivity (Wildman–Crippen MR) is 59.1 cm³/mol. The van der Waals surface area contributed by atoms with Crippen molar-refractivity contribution in [1.29, 1.82) is 0 Å². The van der Waals surface area contributed by atoms with Gasteiger partial charge in [0.05, 0.1) is 17.3 Å². The molecular weight excluding hydrogens is 188 g/mol. The molecule has 1 saturated carbocycles. The van der Waals surface area contributed by atoms with Crippen LogP contribution in [0.3, 0.4) is 0 Å². The fourth-order valence-corrected chi connectivity index (χ4v) is 2.32. The van der Waals surface area contributed by atoms with Gasteiger partial charge in [0.25, 0.3) is 0 Å². The van der Waals surface area contributed by atoms with Crippen LogP contribution in [0.15, 0.2) is 6.20 Å².